The molecule has 1 fully saturated rings. The number of hydrogen-bond acceptors (Lipinski definition) is 4. The molecule has 5 heteroatoms. The van der Waals surface area contributed by atoms with Gasteiger partial charge in [0.05, 0.1) is 4.92 Å². The molecule has 0 amide bonds. The maximum atomic E-state index is 10.8. The molecule has 1 saturated carbocycles. The molecule has 1 aromatic carbocycles. The summed E-state index contributed by atoms with van der Waals surface area (Å²) >= 11 is 1.95. The molecule has 0 saturated heterocycles. The molecule has 1 N–H and O–H groups in total. The zero-order valence-corrected chi connectivity index (χ0v) is 12.9. The standard InChI is InChI=1S/C15H22N2O2S/c1-11(12-5-3-7-14(9-12)17(18)19)16-13-6-4-8-15(10-13)20-2/h3,5,7,9,11,13,15-16H,4,6,8,10H2,1-2H3. The summed E-state index contributed by atoms with van der Waals surface area (Å²) in [6, 6.07) is 7.61. The quantitative estimate of drug-likeness (QED) is 0.660. The van der Waals surface area contributed by atoms with Gasteiger partial charge in [0.2, 0.25) is 0 Å². The second kappa shape index (κ2) is 7.09. The second-order valence-corrected chi connectivity index (χ2v) is 6.60. The molecule has 3 atom stereocenters. The summed E-state index contributed by atoms with van der Waals surface area (Å²) in [7, 11) is 0. The summed E-state index contributed by atoms with van der Waals surface area (Å²) < 4.78 is 0. The number of hydrogen-bond donors (Lipinski definition) is 1. The summed E-state index contributed by atoms with van der Waals surface area (Å²) in [5.74, 6) is 0. The molecule has 4 nitrogen and oxygen atoms in total. The lowest BCUT2D eigenvalue weighted by Gasteiger charge is -2.31. The van der Waals surface area contributed by atoms with Gasteiger partial charge in [0.1, 0.15) is 0 Å². The van der Waals surface area contributed by atoms with E-state index in [2.05, 4.69) is 18.5 Å². The van der Waals surface area contributed by atoms with Gasteiger partial charge in [0.25, 0.3) is 5.69 Å². The third kappa shape index (κ3) is 3.96. The molecule has 110 valence electrons. The monoisotopic (exact) mass is 294 g/mol. The highest BCUT2D eigenvalue weighted by Crippen LogP contribution is 2.28. The van der Waals surface area contributed by atoms with Gasteiger partial charge in [-0.05, 0) is 38.0 Å². The van der Waals surface area contributed by atoms with Crippen LogP contribution in [0.2, 0.25) is 0 Å². The molecule has 2 rings (SSSR count). The minimum Gasteiger partial charge on any atom is -0.307 e. The molecule has 1 aliphatic carbocycles. The minimum absolute atomic E-state index is 0.153. The van der Waals surface area contributed by atoms with Crippen molar-refractivity contribution in [2.45, 2.75) is 49.9 Å². The highest BCUT2D eigenvalue weighted by Gasteiger charge is 2.23. The average Bonchev–Trinajstić information content (AvgIpc) is 2.47. The molecule has 0 spiro atoms. The van der Waals surface area contributed by atoms with Gasteiger partial charge in [0.15, 0.2) is 0 Å². The zero-order chi connectivity index (χ0) is 14.5. The van der Waals surface area contributed by atoms with E-state index in [1.165, 1.54) is 25.7 Å². The Balaban J connectivity index is 1.99. The Morgan fingerprint density at radius 2 is 2.25 bits per heavy atom. The number of nitro benzene ring substituents is 1. The summed E-state index contributed by atoms with van der Waals surface area (Å²) in [6.07, 6.45) is 7.16. The minimum atomic E-state index is -0.333. The van der Waals surface area contributed by atoms with Crippen LogP contribution in [0.5, 0.6) is 0 Å². The highest BCUT2D eigenvalue weighted by molar-refractivity contribution is 7.99. The van der Waals surface area contributed by atoms with E-state index in [1.807, 2.05) is 17.8 Å². The van der Waals surface area contributed by atoms with Crippen molar-refractivity contribution >= 4 is 17.4 Å². The summed E-state index contributed by atoms with van der Waals surface area (Å²) in [4.78, 5) is 10.5. The van der Waals surface area contributed by atoms with E-state index in [1.54, 1.807) is 18.2 Å². The van der Waals surface area contributed by atoms with Gasteiger partial charge in [-0.3, -0.25) is 10.1 Å². The Bertz CT molecular complexity index is 467. The van der Waals surface area contributed by atoms with Crippen LogP contribution in [-0.2, 0) is 0 Å². The van der Waals surface area contributed by atoms with Crippen molar-refractivity contribution in [3.8, 4) is 0 Å². The van der Waals surface area contributed by atoms with Crippen LogP contribution in [0.1, 0.15) is 44.2 Å². The molecule has 0 bridgehead atoms. The lowest BCUT2D eigenvalue weighted by Crippen LogP contribution is -2.36. The van der Waals surface area contributed by atoms with Crippen LogP contribution < -0.4 is 5.32 Å². The SMILES string of the molecule is CSC1CCCC(NC(C)c2cccc([N+](=O)[O-])c2)C1. The highest BCUT2D eigenvalue weighted by atomic mass is 32.2. The van der Waals surface area contributed by atoms with E-state index in [9.17, 15) is 10.1 Å². The third-order valence-electron chi connectivity index (χ3n) is 4.03. The van der Waals surface area contributed by atoms with E-state index < -0.39 is 0 Å². The van der Waals surface area contributed by atoms with Gasteiger partial charge in [0, 0.05) is 29.5 Å². The number of benzene rings is 1. The van der Waals surface area contributed by atoms with E-state index in [0.717, 1.165) is 10.8 Å². The van der Waals surface area contributed by atoms with Gasteiger partial charge >= 0.3 is 0 Å². The Hall–Kier alpha value is -1.07. The molecule has 3 unspecified atom stereocenters. The molecular formula is C15H22N2O2S. The number of non-ortho nitro benzene ring substituents is 1. The van der Waals surface area contributed by atoms with Gasteiger partial charge in [-0.25, -0.2) is 0 Å². The van der Waals surface area contributed by atoms with Gasteiger partial charge in [-0.15, -0.1) is 0 Å². The lowest BCUT2D eigenvalue weighted by atomic mass is 9.93. The normalized spacial score (nSPS) is 24.3. The Morgan fingerprint density at radius 1 is 1.45 bits per heavy atom. The predicted octanol–water partition coefficient (Wildman–Crippen LogP) is 3.92. The predicted molar refractivity (Wildman–Crippen MR) is 84.2 cm³/mol. The van der Waals surface area contributed by atoms with Crippen LogP contribution in [0.25, 0.3) is 0 Å². The third-order valence-corrected chi connectivity index (χ3v) is 5.12. The second-order valence-electron chi connectivity index (χ2n) is 5.46. The number of rotatable bonds is 5. The number of nitro groups is 1. The van der Waals surface area contributed by atoms with Gasteiger partial charge < -0.3 is 5.32 Å². The number of nitrogens with one attached hydrogen (secondary N) is 1. The first-order valence-electron chi connectivity index (χ1n) is 7.13. The Morgan fingerprint density at radius 3 is 2.95 bits per heavy atom. The van der Waals surface area contributed by atoms with Crippen molar-refractivity contribution in [3.63, 3.8) is 0 Å². The molecule has 1 aromatic rings. The van der Waals surface area contributed by atoms with Crippen LogP contribution >= 0.6 is 11.8 Å². The van der Waals surface area contributed by atoms with Gasteiger partial charge in [-0.2, -0.15) is 11.8 Å². The van der Waals surface area contributed by atoms with Crippen molar-refractivity contribution in [3.05, 3.63) is 39.9 Å². The van der Waals surface area contributed by atoms with Crippen LogP contribution in [0, 0.1) is 10.1 Å². The fourth-order valence-corrected chi connectivity index (χ4v) is 3.70. The first-order valence-corrected chi connectivity index (χ1v) is 8.42. The first-order chi connectivity index (χ1) is 9.60. The fraction of sp³-hybridized carbons (Fsp3) is 0.600. The van der Waals surface area contributed by atoms with Crippen molar-refractivity contribution in [2.24, 2.45) is 0 Å². The number of thioether (sulfide) groups is 1. The van der Waals surface area contributed by atoms with Crippen LogP contribution in [0.4, 0.5) is 5.69 Å². The first kappa shape index (κ1) is 15.3. The van der Waals surface area contributed by atoms with Crippen molar-refractivity contribution < 1.29 is 4.92 Å². The fourth-order valence-electron chi connectivity index (χ4n) is 2.87. The van der Waals surface area contributed by atoms with Crippen molar-refractivity contribution in [1.82, 2.24) is 5.32 Å². The number of nitrogens with zero attached hydrogens (tertiary/aromatic N) is 1. The van der Waals surface area contributed by atoms with Crippen LogP contribution in [0.3, 0.4) is 0 Å². The largest absolute Gasteiger partial charge is 0.307 e. The zero-order valence-electron chi connectivity index (χ0n) is 12.0. The summed E-state index contributed by atoms with van der Waals surface area (Å²) in [5.41, 5.74) is 1.16. The topological polar surface area (TPSA) is 55.2 Å². The van der Waals surface area contributed by atoms with E-state index in [4.69, 9.17) is 0 Å². The molecule has 0 aromatic heterocycles. The van der Waals surface area contributed by atoms with Gasteiger partial charge in [-0.1, -0.05) is 18.6 Å². The van der Waals surface area contributed by atoms with E-state index >= 15 is 0 Å². The van der Waals surface area contributed by atoms with Crippen molar-refractivity contribution in [2.75, 3.05) is 6.26 Å². The molecule has 0 heterocycles. The molecule has 0 aliphatic heterocycles. The molecule has 20 heavy (non-hydrogen) atoms. The average molecular weight is 294 g/mol. The Kier molecular flexibility index (Phi) is 5.43. The molecule has 0 radical (unpaired) electrons. The maximum absolute atomic E-state index is 10.8. The lowest BCUT2D eigenvalue weighted by molar-refractivity contribution is -0.384. The smallest absolute Gasteiger partial charge is 0.269 e. The summed E-state index contributed by atoms with van der Waals surface area (Å²) in [5, 5.41) is 15.2. The van der Waals surface area contributed by atoms with Crippen LogP contribution in [-0.4, -0.2) is 22.5 Å². The van der Waals surface area contributed by atoms with Crippen molar-refractivity contribution in [1.29, 1.82) is 0 Å². The molecule has 1 aliphatic rings. The Labute approximate surface area is 124 Å². The van der Waals surface area contributed by atoms with Crippen LogP contribution in [0.15, 0.2) is 24.3 Å². The summed E-state index contributed by atoms with van der Waals surface area (Å²) in [6.45, 7) is 2.09. The van der Waals surface area contributed by atoms with E-state index in [0.29, 0.717) is 6.04 Å². The maximum Gasteiger partial charge on any atom is 0.269 e. The van der Waals surface area contributed by atoms with E-state index in [-0.39, 0.29) is 16.7 Å². The molecular weight excluding hydrogens is 272 g/mol.